The van der Waals surface area contributed by atoms with E-state index in [9.17, 15) is 14.4 Å². The number of ether oxygens (including phenoxy) is 1. The van der Waals surface area contributed by atoms with Gasteiger partial charge in [-0.2, -0.15) is 5.10 Å². The summed E-state index contributed by atoms with van der Waals surface area (Å²) in [5.74, 6) is -1.03. The molecule has 0 aliphatic rings. The van der Waals surface area contributed by atoms with Gasteiger partial charge in [0.1, 0.15) is 0 Å². The highest BCUT2D eigenvalue weighted by atomic mass is 16.5. The van der Waals surface area contributed by atoms with Gasteiger partial charge in [-0.15, -0.1) is 0 Å². The Kier molecular flexibility index (Phi) is 8.32. The van der Waals surface area contributed by atoms with E-state index in [1.165, 1.54) is 0 Å². The molecule has 0 saturated heterocycles. The van der Waals surface area contributed by atoms with Gasteiger partial charge >= 0.3 is 5.97 Å². The molecule has 7 nitrogen and oxygen atoms in total. The number of nitrogens with zero attached hydrogens (tertiary/aromatic N) is 1. The van der Waals surface area contributed by atoms with Crippen molar-refractivity contribution < 1.29 is 19.1 Å². The zero-order chi connectivity index (χ0) is 18.8. The fourth-order valence-corrected chi connectivity index (χ4v) is 2.07. The molecule has 0 heterocycles. The number of hydrazone groups is 1. The average Bonchev–Trinajstić information content (AvgIpc) is 2.54. The summed E-state index contributed by atoms with van der Waals surface area (Å²) >= 11 is 0. The molecule has 0 unspecified atom stereocenters. The number of anilines is 1. The first-order chi connectivity index (χ1) is 11.8. The average molecular weight is 347 g/mol. The molecule has 7 heteroatoms. The minimum atomic E-state index is -0.397. The fraction of sp³-hybridized carbons (Fsp3) is 0.444. The molecule has 1 aromatic carbocycles. The maximum atomic E-state index is 11.9. The van der Waals surface area contributed by atoms with Gasteiger partial charge < -0.3 is 10.1 Å². The molecule has 1 rings (SSSR count). The number of carbonyl (C=O) groups excluding carboxylic acids is 3. The lowest BCUT2D eigenvalue weighted by Gasteiger charge is -2.09. The normalized spacial score (nSPS) is 11.0. The van der Waals surface area contributed by atoms with Crippen LogP contribution < -0.4 is 10.7 Å². The highest BCUT2D eigenvalue weighted by Crippen LogP contribution is 2.16. The van der Waals surface area contributed by atoms with Crippen LogP contribution in [0.2, 0.25) is 0 Å². The summed E-state index contributed by atoms with van der Waals surface area (Å²) in [6, 6.07) is 5.73. The van der Waals surface area contributed by atoms with E-state index >= 15 is 0 Å². The molecule has 2 N–H and O–H groups in total. The van der Waals surface area contributed by atoms with Crippen LogP contribution in [0, 0.1) is 13.8 Å². The summed E-state index contributed by atoms with van der Waals surface area (Å²) in [5, 5.41) is 6.60. The molecule has 1 aromatic rings. The molecular weight excluding hydrogens is 322 g/mol. The van der Waals surface area contributed by atoms with Crippen molar-refractivity contribution in [2.75, 3.05) is 11.9 Å². The third kappa shape index (κ3) is 8.10. The van der Waals surface area contributed by atoms with E-state index in [1.54, 1.807) is 13.8 Å². The lowest BCUT2D eigenvalue weighted by atomic mass is 10.1. The van der Waals surface area contributed by atoms with Crippen LogP contribution in [0.25, 0.3) is 0 Å². The zero-order valence-electron chi connectivity index (χ0n) is 15.1. The topological polar surface area (TPSA) is 96.9 Å². The van der Waals surface area contributed by atoms with E-state index in [0.29, 0.717) is 12.3 Å². The van der Waals surface area contributed by atoms with Crippen LogP contribution in [0.1, 0.15) is 44.2 Å². The van der Waals surface area contributed by atoms with Crippen LogP contribution in [-0.4, -0.2) is 30.1 Å². The van der Waals surface area contributed by atoms with Gasteiger partial charge in [-0.05, 0) is 39.3 Å². The molecule has 0 saturated carbocycles. The van der Waals surface area contributed by atoms with Crippen LogP contribution >= 0.6 is 0 Å². The first-order valence-corrected chi connectivity index (χ1v) is 8.16. The Labute approximate surface area is 147 Å². The van der Waals surface area contributed by atoms with Crippen molar-refractivity contribution in [3.63, 3.8) is 0 Å². The van der Waals surface area contributed by atoms with Crippen molar-refractivity contribution in [2.45, 2.75) is 47.0 Å². The van der Waals surface area contributed by atoms with Gasteiger partial charge in [-0.1, -0.05) is 17.7 Å². The number of aryl methyl sites for hydroxylation is 2. The molecular formula is C18H25N3O4. The molecule has 25 heavy (non-hydrogen) atoms. The van der Waals surface area contributed by atoms with Gasteiger partial charge in [0.2, 0.25) is 11.8 Å². The second-order valence-electron chi connectivity index (χ2n) is 5.73. The van der Waals surface area contributed by atoms with Crippen molar-refractivity contribution >= 4 is 29.2 Å². The van der Waals surface area contributed by atoms with Gasteiger partial charge in [-0.3, -0.25) is 14.4 Å². The number of nitrogens with one attached hydrogen (secondary N) is 2. The van der Waals surface area contributed by atoms with E-state index in [4.69, 9.17) is 4.74 Å². The van der Waals surface area contributed by atoms with Crippen LogP contribution in [0.15, 0.2) is 23.3 Å². The highest BCUT2D eigenvalue weighted by molar-refractivity contribution is 5.98. The van der Waals surface area contributed by atoms with Crippen LogP contribution in [0.5, 0.6) is 0 Å². The molecule has 136 valence electrons. The number of hydrogen-bond donors (Lipinski definition) is 2. The molecule has 0 atom stereocenters. The molecule has 0 fully saturated rings. The van der Waals surface area contributed by atoms with Crippen molar-refractivity contribution in [1.82, 2.24) is 5.43 Å². The molecule has 0 aliphatic heterocycles. The summed E-state index contributed by atoms with van der Waals surface area (Å²) in [5.41, 5.74) is 5.59. The summed E-state index contributed by atoms with van der Waals surface area (Å²) in [7, 11) is 0. The van der Waals surface area contributed by atoms with Gasteiger partial charge in [0.25, 0.3) is 0 Å². The monoisotopic (exact) mass is 347 g/mol. The maximum Gasteiger partial charge on any atom is 0.311 e. The quantitative estimate of drug-likeness (QED) is 0.429. The Hall–Kier alpha value is -2.70. The number of carbonyl (C=O) groups is 3. The third-order valence-electron chi connectivity index (χ3n) is 3.31. The summed E-state index contributed by atoms with van der Waals surface area (Å²) < 4.78 is 4.79. The van der Waals surface area contributed by atoms with E-state index in [0.717, 1.165) is 16.8 Å². The van der Waals surface area contributed by atoms with E-state index in [2.05, 4.69) is 15.8 Å². The van der Waals surface area contributed by atoms with Crippen molar-refractivity contribution in [3.8, 4) is 0 Å². The van der Waals surface area contributed by atoms with Crippen molar-refractivity contribution in [2.24, 2.45) is 5.10 Å². The predicted octanol–water partition coefficient (Wildman–Crippen LogP) is 2.47. The number of rotatable bonds is 8. The summed E-state index contributed by atoms with van der Waals surface area (Å²) in [4.78, 5) is 34.9. The van der Waals surface area contributed by atoms with E-state index in [1.807, 2.05) is 32.0 Å². The van der Waals surface area contributed by atoms with Gasteiger partial charge in [0, 0.05) is 24.2 Å². The molecule has 0 radical (unpaired) electrons. The standard InChI is InChI=1S/C18H25N3O4/c1-5-25-18(24)11-14(4)20-21-17(23)9-8-16(22)19-15-7-6-12(2)10-13(15)3/h6-7,10H,5,8-9,11H2,1-4H3,(H,19,22)(H,21,23)/b20-14+. The largest absolute Gasteiger partial charge is 0.466 e. The van der Waals surface area contributed by atoms with E-state index < -0.39 is 5.97 Å². The van der Waals surface area contributed by atoms with Gasteiger partial charge in [-0.25, -0.2) is 5.43 Å². The second kappa shape index (κ2) is 10.2. The van der Waals surface area contributed by atoms with Crippen LogP contribution in [0.3, 0.4) is 0 Å². The molecule has 0 aliphatic carbocycles. The highest BCUT2D eigenvalue weighted by Gasteiger charge is 2.09. The lowest BCUT2D eigenvalue weighted by Crippen LogP contribution is -2.22. The maximum absolute atomic E-state index is 11.9. The smallest absolute Gasteiger partial charge is 0.311 e. The zero-order valence-corrected chi connectivity index (χ0v) is 15.1. The third-order valence-corrected chi connectivity index (χ3v) is 3.31. The summed E-state index contributed by atoms with van der Waals surface area (Å²) in [6.07, 6.45) is 0.0693. The first-order valence-electron chi connectivity index (χ1n) is 8.16. The fourth-order valence-electron chi connectivity index (χ4n) is 2.07. The Morgan fingerprint density at radius 2 is 1.80 bits per heavy atom. The van der Waals surface area contributed by atoms with Gasteiger partial charge in [0.05, 0.1) is 13.0 Å². The van der Waals surface area contributed by atoms with Gasteiger partial charge in [0.15, 0.2) is 0 Å². The first kappa shape index (κ1) is 20.3. The Bertz CT molecular complexity index is 668. The minimum absolute atomic E-state index is 0.00687. The summed E-state index contributed by atoms with van der Waals surface area (Å²) in [6.45, 7) is 7.52. The number of benzene rings is 1. The Balaban J connectivity index is 2.38. The molecule has 0 spiro atoms. The van der Waals surface area contributed by atoms with Crippen molar-refractivity contribution in [3.05, 3.63) is 29.3 Å². The van der Waals surface area contributed by atoms with E-state index in [-0.39, 0.29) is 31.1 Å². The predicted molar refractivity (Wildman–Crippen MR) is 96.3 cm³/mol. The SMILES string of the molecule is CCOC(=O)C/C(C)=N/NC(=O)CCC(=O)Nc1ccc(C)cc1C. The number of hydrogen-bond acceptors (Lipinski definition) is 5. The second-order valence-corrected chi connectivity index (χ2v) is 5.73. The molecule has 0 aromatic heterocycles. The Morgan fingerprint density at radius 3 is 2.44 bits per heavy atom. The Morgan fingerprint density at radius 1 is 1.12 bits per heavy atom. The molecule has 0 bridgehead atoms. The number of amides is 2. The lowest BCUT2D eigenvalue weighted by molar-refractivity contribution is -0.141. The van der Waals surface area contributed by atoms with Crippen LogP contribution in [0.4, 0.5) is 5.69 Å². The number of esters is 1. The van der Waals surface area contributed by atoms with Crippen LogP contribution in [-0.2, 0) is 19.1 Å². The van der Waals surface area contributed by atoms with Crippen molar-refractivity contribution in [1.29, 1.82) is 0 Å². The minimum Gasteiger partial charge on any atom is -0.466 e. The molecule has 2 amide bonds.